The van der Waals surface area contributed by atoms with Gasteiger partial charge < -0.3 is 10.2 Å². The molecule has 1 N–H and O–H groups in total. The Labute approximate surface area is 122 Å². The van der Waals surface area contributed by atoms with Gasteiger partial charge in [0.25, 0.3) is 0 Å². The molecule has 0 saturated heterocycles. The Balaban J connectivity index is 2.33. The quantitative estimate of drug-likeness (QED) is 0.877. The van der Waals surface area contributed by atoms with Crippen molar-refractivity contribution in [2.75, 3.05) is 17.3 Å². The lowest BCUT2D eigenvalue weighted by Crippen LogP contribution is -2.12. The number of carbonyl (C=O) groups excluding carboxylic acids is 2. The standard InChI is InChI=1S/C16H15FN2O2/c1-11(21)18-16-8-7-15(9-12(16)10-20)19(2)14-5-3-13(17)4-6-14/h3-10H,1-2H3,(H,18,21). The molecule has 0 unspecified atom stereocenters. The Bertz CT molecular complexity index is 668. The van der Waals surface area contributed by atoms with Crippen LogP contribution in [0.15, 0.2) is 42.5 Å². The molecule has 4 nitrogen and oxygen atoms in total. The molecule has 0 heterocycles. The fourth-order valence-electron chi connectivity index (χ4n) is 1.97. The van der Waals surface area contributed by atoms with E-state index in [1.807, 2.05) is 11.9 Å². The van der Waals surface area contributed by atoms with Crippen molar-refractivity contribution in [3.8, 4) is 0 Å². The molecule has 21 heavy (non-hydrogen) atoms. The molecule has 2 aromatic rings. The van der Waals surface area contributed by atoms with Crippen molar-refractivity contribution in [3.63, 3.8) is 0 Å². The summed E-state index contributed by atoms with van der Waals surface area (Å²) >= 11 is 0. The van der Waals surface area contributed by atoms with Crippen LogP contribution in [-0.4, -0.2) is 19.2 Å². The van der Waals surface area contributed by atoms with Crippen molar-refractivity contribution in [2.24, 2.45) is 0 Å². The van der Waals surface area contributed by atoms with Crippen LogP contribution in [0, 0.1) is 5.82 Å². The molecule has 0 saturated carbocycles. The third-order valence-electron chi connectivity index (χ3n) is 3.07. The molecule has 5 heteroatoms. The van der Waals surface area contributed by atoms with E-state index in [1.165, 1.54) is 19.1 Å². The second kappa shape index (κ2) is 6.17. The first-order valence-corrected chi connectivity index (χ1v) is 6.37. The zero-order valence-electron chi connectivity index (χ0n) is 11.8. The normalized spacial score (nSPS) is 10.0. The molecule has 0 radical (unpaired) electrons. The number of carbonyl (C=O) groups is 2. The van der Waals surface area contributed by atoms with Gasteiger partial charge in [0, 0.05) is 30.9 Å². The lowest BCUT2D eigenvalue weighted by molar-refractivity contribution is -0.114. The summed E-state index contributed by atoms with van der Waals surface area (Å²) in [5, 5.41) is 2.60. The predicted molar refractivity (Wildman–Crippen MR) is 80.6 cm³/mol. The van der Waals surface area contributed by atoms with Gasteiger partial charge in [-0.25, -0.2) is 4.39 Å². The number of aldehydes is 1. The van der Waals surface area contributed by atoms with Crippen molar-refractivity contribution < 1.29 is 14.0 Å². The highest BCUT2D eigenvalue weighted by atomic mass is 19.1. The van der Waals surface area contributed by atoms with Gasteiger partial charge in [-0.05, 0) is 42.5 Å². The minimum Gasteiger partial charge on any atom is -0.345 e. The average Bonchev–Trinajstić information content (AvgIpc) is 2.47. The molecule has 2 rings (SSSR count). The molecule has 1 amide bonds. The third-order valence-corrected chi connectivity index (χ3v) is 3.07. The smallest absolute Gasteiger partial charge is 0.221 e. The number of nitrogens with zero attached hydrogens (tertiary/aromatic N) is 1. The Morgan fingerprint density at radius 1 is 1.14 bits per heavy atom. The van der Waals surface area contributed by atoms with E-state index in [0.717, 1.165) is 11.4 Å². The molecule has 0 atom stereocenters. The molecular weight excluding hydrogens is 271 g/mol. The molecule has 2 aromatic carbocycles. The Morgan fingerprint density at radius 3 is 2.33 bits per heavy atom. The summed E-state index contributed by atoms with van der Waals surface area (Å²) in [5.74, 6) is -0.542. The Kier molecular flexibility index (Phi) is 4.33. The first-order valence-electron chi connectivity index (χ1n) is 6.37. The van der Waals surface area contributed by atoms with Crippen LogP contribution < -0.4 is 10.2 Å². The SMILES string of the molecule is CC(=O)Nc1ccc(N(C)c2ccc(F)cc2)cc1C=O. The topological polar surface area (TPSA) is 49.4 Å². The van der Waals surface area contributed by atoms with Gasteiger partial charge in [0.2, 0.25) is 5.91 Å². The zero-order valence-corrected chi connectivity index (χ0v) is 11.8. The van der Waals surface area contributed by atoms with E-state index in [4.69, 9.17) is 0 Å². The van der Waals surface area contributed by atoms with Gasteiger partial charge in [0.15, 0.2) is 6.29 Å². The largest absolute Gasteiger partial charge is 0.345 e. The Hall–Kier alpha value is -2.69. The van der Waals surface area contributed by atoms with Crippen LogP contribution in [0.25, 0.3) is 0 Å². The molecule has 0 aliphatic heterocycles. The second-order valence-electron chi connectivity index (χ2n) is 4.61. The number of benzene rings is 2. The zero-order chi connectivity index (χ0) is 15.4. The maximum atomic E-state index is 12.9. The van der Waals surface area contributed by atoms with E-state index in [9.17, 15) is 14.0 Å². The third kappa shape index (κ3) is 3.45. The number of hydrogen-bond acceptors (Lipinski definition) is 3. The molecule has 108 valence electrons. The lowest BCUT2D eigenvalue weighted by Gasteiger charge is -2.20. The van der Waals surface area contributed by atoms with Gasteiger partial charge in [-0.2, -0.15) is 0 Å². The van der Waals surface area contributed by atoms with E-state index in [-0.39, 0.29) is 11.7 Å². The monoisotopic (exact) mass is 286 g/mol. The summed E-state index contributed by atoms with van der Waals surface area (Å²) in [6.07, 6.45) is 0.688. The molecule has 0 aromatic heterocycles. The maximum absolute atomic E-state index is 12.9. The predicted octanol–water partition coefficient (Wildman–Crippen LogP) is 3.36. The number of halogens is 1. The molecule has 0 aliphatic rings. The second-order valence-corrected chi connectivity index (χ2v) is 4.61. The highest BCUT2D eigenvalue weighted by Crippen LogP contribution is 2.27. The van der Waals surface area contributed by atoms with Gasteiger partial charge in [-0.1, -0.05) is 0 Å². The highest BCUT2D eigenvalue weighted by Gasteiger charge is 2.09. The summed E-state index contributed by atoms with van der Waals surface area (Å²) in [6.45, 7) is 1.38. The summed E-state index contributed by atoms with van der Waals surface area (Å²) < 4.78 is 12.9. The maximum Gasteiger partial charge on any atom is 0.221 e. The van der Waals surface area contributed by atoms with E-state index in [1.54, 1.807) is 30.3 Å². The molecule has 0 aliphatic carbocycles. The van der Waals surface area contributed by atoms with Crippen molar-refractivity contribution >= 4 is 29.3 Å². The van der Waals surface area contributed by atoms with Gasteiger partial charge >= 0.3 is 0 Å². The first kappa shape index (κ1) is 14.7. The first-order chi connectivity index (χ1) is 10.0. The number of rotatable bonds is 4. The summed E-state index contributed by atoms with van der Waals surface area (Å²) in [4.78, 5) is 24.0. The molecule has 0 spiro atoms. The van der Waals surface area contributed by atoms with Crippen molar-refractivity contribution in [2.45, 2.75) is 6.92 Å². The molecule has 0 fully saturated rings. The minimum atomic E-state index is -0.304. The van der Waals surface area contributed by atoms with Gasteiger partial charge in [-0.3, -0.25) is 9.59 Å². The highest BCUT2D eigenvalue weighted by molar-refractivity contribution is 5.96. The van der Waals surface area contributed by atoms with Crippen LogP contribution in [0.4, 0.5) is 21.5 Å². The number of nitrogens with one attached hydrogen (secondary N) is 1. The van der Waals surface area contributed by atoms with Gasteiger partial charge in [-0.15, -0.1) is 0 Å². The summed E-state index contributed by atoms with van der Waals surface area (Å²) in [7, 11) is 1.81. The average molecular weight is 286 g/mol. The van der Waals surface area contributed by atoms with E-state index in [2.05, 4.69) is 5.32 Å². The van der Waals surface area contributed by atoms with E-state index < -0.39 is 0 Å². The van der Waals surface area contributed by atoms with Gasteiger partial charge in [0.1, 0.15) is 5.82 Å². The van der Waals surface area contributed by atoms with Crippen LogP contribution in [0.1, 0.15) is 17.3 Å². The van der Waals surface area contributed by atoms with Crippen LogP contribution in [-0.2, 0) is 4.79 Å². The summed E-state index contributed by atoms with van der Waals surface area (Å²) in [6, 6.07) is 11.2. The van der Waals surface area contributed by atoms with E-state index >= 15 is 0 Å². The number of hydrogen-bond donors (Lipinski definition) is 1. The van der Waals surface area contributed by atoms with Crippen molar-refractivity contribution in [3.05, 3.63) is 53.8 Å². The molecular formula is C16H15FN2O2. The fourth-order valence-corrected chi connectivity index (χ4v) is 1.97. The van der Waals surface area contributed by atoms with E-state index in [0.29, 0.717) is 17.5 Å². The summed E-state index contributed by atoms with van der Waals surface area (Å²) in [5.41, 5.74) is 2.41. The number of amides is 1. The van der Waals surface area contributed by atoms with Crippen LogP contribution in [0.3, 0.4) is 0 Å². The van der Waals surface area contributed by atoms with Crippen LogP contribution >= 0.6 is 0 Å². The molecule has 0 bridgehead atoms. The minimum absolute atomic E-state index is 0.238. The lowest BCUT2D eigenvalue weighted by atomic mass is 10.1. The van der Waals surface area contributed by atoms with Crippen LogP contribution in [0.2, 0.25) is 0 Å². The van der Waals surface area contributed by atoms with Crippen molar-refractivity contribution in [1.82, 2.24) is 0 Å². The van der Waals surface area contributed by atoms with Crippen LogP contribution in [0.5, 0.6) is 0 Å². The van der Waals surface area contributed by atoms with Crippen molar-refractivity contribution in [1.29, 1.82) is 0 Å². The Morgan fingerprint density at radius 2 is 1.76 bits per heavy atom. The fraction of sp³-hybridized carbons (Fsp3) is 0.125. The number of anilines is 3. The van der Waals surface area contributed by atoms with Gasteiger partial charge in [0.05, 0.1) is 5.69 Å².